The van der Waals surface area contributed by atoms with Crippen molar-refractivity contribution in [3.63, 3.8) is 0 Å². The molecule has 3 rings (SSSR count). The number of hydrogen-bond acceptors (Lipinski definition) is 5. The molecule has 0 aromatic heterocycles. The fourth-order valence-electron chi connectivity index (χ4n) is 3.72. The lowest BCUT2D eigenvalue weighted by molar-refractivity contribution is -0.122. The predicted molar refractivity (Wildman–Crippen MR) is 123 cm³/mol. The van der Waals surface area contributed by atoms with E-state index in [9.17, 15) is 9.59 Å². The van der Waals surface area contributed by atoms with Crippen LogP contribution in [-0.2, 0) is 9.53 Å². The molecule has 2 aromatic rings. The van der Waals surface area contributed by atoms with E-state index in [1.165, 1.54) is 0 Å². The summed E-state index contributed by atoms with van der Waals surface area (Å²) >= 11 is 0. The summed E-state index contributed by atoms with van der Waals surface area (Å²) in [5.41, 5.74) is 2.61. The third kappa shape index (κ3) is 6.29. The zero-order valence-electron chi connectivity index (χ0n) is 18.4. The molecule has 7 heteroatoms. The Morgan fingerprint density at radius 3 is 2.39 bits per heavy atom. The van der Waals surface area contributed by atoms with Crippen LogP contribution in [0.5, 0.6) is 0 Å². The van der Waals surface area contributed by atoms with Gasteiger partial charge in [-0.3, -0.25) is 14.5 Å². The molecule has 0 bridgehead atoms. The van der Waals surface area contributed by atoms with Crippen LogP contribution in [0, 0.1) is 0 Å². The van der Waals surface area contributed by atoms with E-state index in [-0.39, 0.29) is 11.8 Å². The predicted octanol–water partition coefficient (Wildman–Crippen LogP) is 2.37. The van der Waals surface area contributed by atoms with Crippen molar-refractivity contribution in [2.24, 2.45) is 0 Å². The lowest BCUT2D eigenvalue weighted by Gasteiger charge is -2.35. The lowest BCUT2D eigenvalue weighted by Crippen LogP contribution is -2.51. The fourth-order valence-corrected chi connectivity index (χ4v) is 3.72. The van der Waals surface area contributed by atoms with Crippen molar-refractivity contribution in [3.05, 3.63) is 60.2 Å². The molecule has 0 atom stereocenters. The maximum atomic E-state index is 13.3. The summed E-state index contributed by atoms with van der Waals surface area (Å²) < 4.78 is 4.99. The van der Waals surface area contributed by atoms with Crippen LogP contribution in [0.15, 0.2) is 54.6 Å². The summed E-state index contributed by atoms with van der Waals surface area (Å²) in [5.74, 6) is 0.0489. The van der Waals surface area contributed by atoms with Gasteiger partial charge in [-0.15, -0.1) is 0 Å². The molecule has 1 heterocycles. The van der Waals surface area contributed by atoms with Crippen LogP contribution in [0.1, 0.15) is 16.8 Å². The highest BCUT2D eigenvalue weighted by Crippen LogP contribution is 2.28. The molecular formula is C24H32N4O3. The molecule has 31 heavy (non-hydrogen) atoms. The molecule has 1 N–H and O–H groups in total. The molecule has 1 fully saturated rings. The van der Waals surface area contributed by atoms with Crippen LogP contribution in [0.4, 0.5) is 11.4 Å². The number of piperazine rings is 1. The fraction of sp³-hybridized carbons (Fsp3) is 0.417. The van der Waals surface area contributed by atoms with E-state index in [1.54, 1.807) is 7.11 Å². The number of carbonyl (C=O) groups is 2. The van der Waals surface area contributed by atoms with Gasteiger partial charge < -0.3 is 19.9 Å². The first-order chi connectivity index (χ1) is 15.1. The summed E-state index contributed by atoms with van der Waals surface area (Å²) in [6.45, 7) is 4.22. The van der Waals surface area contributed by atoms with Gasteiger partial charge in [0.2, 0.25) is 5.91 Å². The minimum Gasteiger partial charge on any atom is -0.385 e. The SMILES string of the molecule is COCCCNC(=O)CN1CCN(C(=O)c2ccccc2N(C)c2ccccc2)CC1. The lowest BCUT2D eigenvalue weighted by atomic mass is 10.1. The Hall–Kier alpha value is -2.90. The Labute approximate surface area is 184 Å². The van der Waals surface area contributed by atoms with Crippen molar-refractivity contribution in [3.8, 4) is 0 Å². The van der Waals surface area contributed by atoms with Crippen molar-refractivity contribution in [1.82, 2.24) is 15.1 Å². The quantitative estimate of drug-likeness (QED) is 0.626. The van der Waals surface area contributed by atoms with Crippen LogP contribution >= 0.6 is 0 Å². The zero-order valence-corrected chi connectivity index (χ0v) is 18.4. The highest BCUT2D eigenvalue weighted by atomic mass is 16.5. The van der Waals surface area contributed by atoms with Gasteiger partial charge in [-0.25, -0.2) is 0 Å². The van der Waals surface area contributed by atoms with Gasteiger partial charge in [-0.2, -0.15) is 0 Å². The van der Waals surface area contributed by atoms with Gasteiger partial charge in [0.05, 0.1) is 17.8 Å². The third-order valence-electron chi connectivity index (χ3n) is 5.51. The summed E-state index contributed by atoms with van der Waals surface area (Å²) in [4.78, 5) is 31.4. The normalized spacial score (nSPS) is 14.3. The monoisotopic (exact) mass is 424 g/mol. The van der Waals surface area contributed by atoms with Crippen LogP contribution in [0.25, 0.3) is 0 Å². The molecule has 2 amide bonds. The highest BCUT2D eigenvalue weighted by molar-refractivity contribution is 6.00. The van der Waals surface area contributed by atoms with Gasteiger partial charge in [0, 0.05) is 59.2 Å². The number of rotatable bonds is 9. The third-order valence-corrected chi connectivity index (χ3v) is 5.51. The average Bonchev–Trinajstić information content (AvgIpc) is 2.82. The first-order valence-electron chi connectivity index (χ1n) is 10.7. The molecule has 166 valence electrons. The second-order valence-corrected chi connectivity index (χ2v) is 7.68. The molecule has 1 saturated heterocycles. The standard InChI is InChI=1S/C24H32N4O3/c1-26(20-9-4-3-5-10-20)22-12-7-6-11-21(22)24(30)28-16-14-27(15-17-28)19-23(29)25-13-8-18-31-2/h3-7,9-12H,8,13-19H2,1-2H3,(H,25,29). The first-order valence-corrected chi connectivity index (χ1v) is 10.7. The van der Waals surface area contributed by atoms with Crippen molar-refractivity contribution in [2.75, 3.05) is 64.9 Å². The Morgan fingerprint density at radius 1 is 1.00 bits per heavy atom. The van der Waals surface area contributed by atoms with E-state index in [0.29, 0.717) is 51.4 Å². The van der Waals surface area contributed by atoms with Crippen LogP contribution in [0.3, 0.4) is 0 Å². The van der Waals surface area contributed by atoms with Gasteiger partial charge in [-0.05, 0) is 30.7 Å². The summed E-state index contributed by atoms with van der Waals surface area (Å²) in [5, 5.41) is 2.91. The summed E-state index contributed by atoms with van der Waals surface area (Å²) in [6.07, 6.45) is 0.807. The van der Waals surface area contributed by atoms with E-state index >= 15 is 0 Å². The number of benzene rings is 2. The van der Waals surface area contributed by atoms with Crippen LogP contribution in [0.2, 0.25) is 0 Å². The number of anilines is 2. The summed E-state index contributed by atoms with van der Waals surface area (Å²) in [6, 6.07) is 17.7. The largest absolute Gasteiger partial charge is 0.385 e. The number of ether oxygens (including phenoxy) is 1. The molecular weight excluding hydrogens is 392 g/mol. The maximum Gasteiger partial charge on any atom is 0.256 e. The van der Waals surface area contributed by atoms with E-state index in [0.717, 1.165) is 17.8 Å². The van der Waals surface area contributed by atoms with Crippen LogP contribution in [-0.4, -0.2) is 81.6 Å². The van der Waals surface area contributed by atoms with Crippen molar-refractivity contribution in [2.45, 2.75) is 6.42 Å². The molecule has 7 nitrogen and oxygen atoms in total. The number of carbonyl (C=O) groups excluding carboxylic acids is 2. The van der Waals surface area contributed by atoms with Crippen molar-refractivity contribution in [1.29, 1.82) is 0 Å². The summed E-state index contributed by atoms with van der Waals surface area (Å²) in [7, 11) is 3.63. The minimum absolute atomic E-state index is 0.0192. The van der Waals surface area contributed by atoms with Crippen molar-refractivity contribution >= 4 is 23.2 Å². The molecule has 0 unspecified atom stereocenters. The first kappa shape index (κ1) is 22.8. The molecule has 0 radical (unpaired) electrons. The van der Waals surface area contributed by atoms with Gasteiger partial charge in [-0.1, -0.05) is 30.3 Å². The average molecular weight is 425 g/mol. The molecule has 0 spiro atoms. The minimum atomic E-state index is 0.0192. The molecule has 1 aliphatic rings. The smallest absolute Gasteiger partial charge is 0.256 e. The second-order valence-electron chi connectivity index (χ2n) is 7.68. The van der Waals surface area contributed by atoms with Gasteiger partial charge in [0.25, 0.3) is 5.91 Å². The number of amides is 2. The number of nitrogens with zero attached hydrogens (tertiary/aromatic N) is 3. The molecule has 2 aromatic carbocycles. The number of hydrogen-bond donors (Lipinski definition) is 1. The number of para-hydroxylation sites is 2. The molecule has 0 aliphatic carbocycles. The van der Waals surface area contributed by atoms with Gasteiger partial charge in [0.1, 0.15) is 0 Å². The maximum absolute atomic E-state index is 13.3. The Bertz CT molecular complexity index is 851. The van der Waals surface area contributed by atoms with Gasteiger partial charge >= 0.3 is 0 Å². The number of methoxy groups -OCH3 is 1. The Morgan fingerprint density at radius 2 is 1.68 bits per heavy atom. The van der Waals surface area contributed by atoms with Gasteiger partial charge in [0.15, 0.2) is 0 Å². The number of nitrogens with one attached hydrogen (secondary N) is 1. The van der Waals surface area contributed by atoms with E-state index < -0.39 is 0 Å². The van der Waals surface area contributed by atoms with Crippen LogP contribution < -0.4 is 10.2 Å². The van der Waals surface area contributed by atoms with E-state index in [1.807, 2.05) is 71.4 Å². The Kier molecular flexibility index (Phi) is 8.44. The molecule has 0 saturated carbocycles. The topological polar surface area (TPSA) is 65.1 Å². The molecule has 1 aliphatic heterocycles. The highest BCUT2D eigenvalue weighted by Gasteiger charge is 2.25. The zero-order chi connectivity index (χ0) is 22.1. The van der Waals surface area contributed by atoms with Crippen molar-refractivity contribution < 1.29 is 14.3 Å². The second kappa shape index (κ2) is 11.5. The van der Waals surface area contributed by atoms with E-state index in [2.05, 4.69) is 10.2 Å². The Balaban J connectivity index is 1.56. The van der Waals surface area contributed by atoms with E-state index in [4.69, 9.17) is 4.74 Å².